The van der Waals surface area contributed by atoms with Crippen LogP contribution in [0.25, 0.3) is 0 Å². The number of hydrogen-bond acceptors (Lipinski definition) is 4. The lowest BCUT2D eigenvalue weighted by Crippen LogP contribution is -2.27. The first kappa shape index (κ1) is 5.46. The minimum absolute atomic E-state index is 0.803. The summed E-state index contributed by atoms with van der Waals surface area (Å²) in [7, 11) is 0. The minimum atomic E-state index is 0.803. The molecule has 4 heteroatoms. The third kappa shape index (κ3) is 0.775. The highest BCUT2D eigenvalue weighted by Crippen LogP contribution is 2.09. The minimum Gasteiger partial charge on any atom is -0.370 e. The Morgan fingerprint density at radius 2 is 1.50 bits per heavy atom. The van der Waals surface area contributed by atoms with Gasteiger partial charge in [0.05, 0.1) is 37.2 Å². The standard InChI is InChI=1S/C6H8N4/c1-5-6(10-3-7-1)2-8-4-9-5/h3-4H,1-2H2,(H,7,10)(H,8,9). The molecule has 2 heterocycles. The van der Waals surface area contributed by atoms with Crippen molar-refractivity contribution in [3.63, 3.8) is 0 Å². The summed E-state index contributed by atoms with van der Waals surface area (Å²) in [6, 6.07) is 0. The van der Waals surface area contributed by atoms with Crippen molar-refractivity contribution in [3.05, 3.63) is 11.4 Å². The average Bonchev–Trinajstić information content (AvgIpc) is 2.05. The van der Waals surface area contributed by atoms with Gasteiger partial charge in [0.25, 0.3) is 0 Å². The maximum Gasteiger partial charge on any atom is 0.0887 e. The van der Waals surface area contributed by atoms with Crippen LogP contribution < -0.4 is 10.6 Å². The molecule has 0 atom stereocenters. The van der Waals surface area contributed by atoms with Crippen LogP contribution in [0.5, 0.6) is 0 Å². The maximum absolute atomic E-state index is 4.12. The summed E-state index contributed by atoms with van der Waals surface area (Å²) < 4.78 is 0. The summed E-state index contributed by atoms with van der Waals surface area (Å²) in [5.41, 5.74) is 2.09. The van der Waals surface area contributed by atoms with Gasteiger partial charge in [-0.15, -0.1) is 0 Å². The molecule has 0 bridgehead atoms. The molecule has 0 aromatic heterocycles. The van der Waals surface area contributed by atoms with E-state index >= 15 is 0 Å². The predicted molar refractivity (Wildman–Crippen MR) is 40.0 cm³/mol. The fraction of sp³-hybridized carbons (Fsp3) is 0.333. The van der Waals surface area contributed by atoms with Gasteiger partial charge in [-0.2, -0.15) is 0 Å². The van der Waals surface area contributed by atoms with Crippen LogP contribution in [0.1, 0.15) is 0 Å². The Balaban J connectivity index is 2.32. The van der Waals surface area contributed by atoms with Gasteiger partial charge in [0, 0.05) is 0 Å². The third-order valence-corrected chi connectivity index (χ3v) is 1.50. The van der Waals surface area contributed by atoms with Crippen LogP contribution in [0.4, 0.5) is 0 Å². The van der Waals surface area contributed by atoms with Crippen molar-refractivity contribution in [2.45, 2.75) is 0 Å². The van der Waals surface area contributed by atoms with Gasteiger partial charge in [-0.3, -0.25) is 0 Å². The zero-order valence-corrected chi connectivity index (χ0v) is 5.46. The highest BCUT2D eigenvalue weighted by molar-refractivity contribution is 5.64. The molecule has 0 aliphatic carbocycles. The lowest BCUT2D eigenvalue weighted by atomic mass is 10.3. The molecule has 52 valence electrons. The molecule has 2 aliphatic heterocycles. The summed E-state index contributed by atoms with van der Waals surface area (Å²) in [4.78, 5) is 8.24. The number of nitrogens with one attached hydrogen (secondary N) is 2. The highest BCUT2D eigenvalue weighted by Gasteiger charge is 2.09. The predicted octanol–water partition coefficient (Wildman–Crippen LogP) is -0.539. The quantitative estimate of drug-likeness (QED) is 0.470. The molecule has 0 aromatic carbocycles. The van der Waals surface area contributed by atoms with E-state index in [0.717, 1.165) is 24.5 Å². The average molecular weight is 136 g/mol. The largest absolute Gasteiger partial charge is 0.370 e. The lowest BCUT2D eigenvalue weighted by Gasteiger charge is -2.15. The summed E-state index contributed by atoms with van der Waals surface area (Å²) in [5, 5.41) is 5.99. The molecule has 0 spiro atoms. The Kier molecular flexibility index (Phi) is 1.16. The van der Waals surface area contributed by atoms with Crippen molar-refractivity contribution in [2.75, 3.05) is 13.1 Å². The van der Waals surface area contributed by atoms with E-state index in [2.05, 4.69) is 20.6 Å². The van der Waals surface area contributed by atoms with Gasteiger partial charge in [0.2, 0.25) is 0 Å². The van der Waals surface area contributed by atoms with E-state index in [1.165, 1.54) is 0 Å². The Morgan fingerprint density at radius 3 is 2.00 bits per heavy atom. The molecule has 0 aromatic rings. The van der Waals surface area contributed by atoms with Crippen molar-refractivity contribution in [1.29, 1.82) is 0 Å². The van der Waals surface area contributed by atoms with E-state index in [1.807, 2.05) is 0 Å². The number of aliphatic imine (C=N–C) groups is 2. The van der Waals surface area contributed by atoms with Crippen molar-refractivity contribution >= 4 is 12.7 Å². The van der Waals surface area contributed by atoms with Crippen LogP contribution in [0.3, 0.4) is 0 Å². The van der Waals surface area contributed by atoms with E-state index < -0.39 is 0 Å². The second-order valence-corrected chi connectivity index (χ2v) is 2.17. The normalized spacial score (nSPS) is 21.6. The number of hydrogen-bond donors (Lipinski definition) is 2. The van der Waals surface area contributed by atoms with Crippen LogP contribution in [-0.4, -0.2) is 25.8 Å². The first-order chi connectivity index (χ1) is 4.97. The fourth-order valence-electron chi connectivity index (χ4n) is 0.976. The lowest BCUT2D eigenvalue weighted by molar-refractivity contribution is 0.846. The third-order valence-electron chi connectivity index (χ3n) is 1.50. The summed E-state index contributed by atoms with van der Waals surface area (Å²) in [6.45, 7) is 1.61. The highest BCUT2D eigenvalue weighted by atomic mass is 15.1. The molecule has 0 saturated heterocycles. The topological polar surface area (TPSA) is 48.8 Å². The fourth-order valence-corrected chi connectivity index (χ4v) is 0.976. The van der Waals surface area contributed by atoms with E-state index in [1.54, 1.807) is 12.7 Å². The molecule has 0 amide bonds. The molecule has 0 fully saturated rings. The summed E-state index contributed by atoms with van der Waals surface area (Å²) in [6.07, 6.45) is 3.42. The van der Waals surface area contributed by atoms with Crippen LogP contribution in [0.15, 0.2) is 21.4 Å². The van der Waals surface area contributed by atoms with E-state index in [4.69, 9.17) is 0 Å². The molecule has 2 N–H and O–H groups in total. The van der Waals surface area contributed by atoms with E-state index in [-0.39, 0.29) is 0 Å². The van der Waals surface area contributed by atoms with Gasteiger partial charge in [0.1, 0.15) is 0 Å². The van der Waals surface area contributed by atoms with Crippen molar-refractivity contribution in [2.24, 2.45) is 9.98 Å². The second kappa shape index (κ2) is 2.13. The number of rotatable bonds is 0. The van der Waals surface area contributed by atoms with E-state index in [0.29, 0.717) is 0 Å². The molecule has 4 nitrogen and oxygen atoms in total. The van der Waals surface area contributed by atoms with Gasteiger partial charge in [-0.1, -0.05) is 0 Å². The molecule has 10 heavy (non-hydrogen) atoms. The summed E-state index contributed by atoms with van der Waals surface area (Å²) in [5.74, 6) is 0. The molecular weight excluding hydrogens is 128 g/mol. The Morgan fingerprint density at radius 1 is 1.00 bits per heavy atom. The SMILES string of the molecule is C1=NC2=C(CN1)N=CNC2. The molecule has 0 saturated carbocycles. The molecular formula is C6H8N4. The van der Waals surface area contributed by atoms with Gasteiger partial charge in [-0.25, -0.2) is 9.98 Å². The second-order valence-electron chi connectivity index (χ2n) is 2.17. The van der Waals surface area contributed by atoms with Crippen molar-refractivity contribution in [3.8, 4) is 0 Å². The van der Waals surface area contributed by atoms with Crippen molar-refractivity contribution in [1.82, 2.24) is 10.6 Å². The number of nitrogens with zero attached hydrogens (tertiary/aromatic N) is 2. The van der Waals surface area contributed by atoms with Crippen LogP contribution in [0, 0.1) is 0 Å². The van der Waals surface area contributed by atoms with Crippen LogP contribution in [-0.2, 0) is 0 Å². The van der Waals surface area contributed by atoms with Gasteiger partial charge < -0.3 is 10.6 Å². The molecule has 0 unspecified atom stereocenters. The first-order valence-electron chi connectivity index (χ1n) is 3.21. The summed E-state index contributed by atoms with van der Waals surface area (Å²) >= 11 is 0. The zero-order chi connectivity index (χ0) is 6.81. The monoisotopic (exact) mass is 136 g/mol. The zero-order valence-electron chi connectivity index (χ0n) is 5.46. The van der Waals surface area contributed by atoms with Crippen LogP contribution in [0.2, 0.25) is 0 Å². The maximum atomic E-state index is 4.12. The van der Waals surface area contributed by atoms with Gasteiger partial charge >= 0.3 is 0 Å². The van der Waals surface area contributed by atoms with E-state index in [9.17, 15) is 0 Å². The molecule has 2 aliphatic rings. The Bertz CT molecular complexity index is 202. The smallest absolute Gasteiger partial charge is 0.0887 e. The molecule has 2 rings (SSSR count). The van der Waals surface area contributed by atoms with Crippen LogP contribution >= 0.6 is 0 Å². The van der Waals surface area contributed by atoms with Gasteiger partial charge in [0.15, 0.2) is 0 Å². The first-order valence-corrected chi connectivity index (χ1v) is 3.21. The molecule has 0 radical (unpaired) electrons. The van der Waals surface area contributed by atoms with Gasteiger partial charge in [-0.05, 0) is 0 Å². The Hall–Kier alpha value is -1.32. The Labute approximate surface area is 58.8 Å². The van der Waals surface area contributed by atoms with Crippen molar-refractivity contribution < 1.29 is 0 Å².